The van der Waals surface area contributed by atoms with Crippen LogP contribution >= 0.6 is 11.3 Å². The molecule has 3 heterocycles. The maximum atomic E-state index is 5.98. The fourth-order valence-corrected chi connectivity index (χ4v) is 2.70. The summed E-state index contributed by atoms with van der Waals surface area (Å²) in [5.41, 5.74) is 0.235. The van der Waals surface area contributed by atoms with Crippen LogP contribution in [0.2, 0.25) is 0 Å². The highest BCUT2D eigenvalue weighted by atomic mass is 32.1. The number of rotatable bonds is 1. The van der Waals surface area contributed by atoms with Crippen LogP contribution in [-0.4, -0.2) is 28.3 Å². The van der Waals surface area contributed by atoms with Crippen LogP contribution in [0.3, 0.4) is 0 Å². The van der Waals surface area contributed by atoms with E-state index in [1.807, 2.05) is 39.8 Å². The Bertz CT molecular complexity index is 548. The van der Waals surface area contributed by atoms with E-state index in [1.165, 1.54) is 11.3 Å². The molecule has 94 valence electrons. The summed E-state index contributed by atoms with van der Waals surface area (Å²) in [5, 5.41) is 0. The molecule has 0 atom stereocenters. The van der Waals surface area contributed by atoms with Gasteiger partial charge in [0.15, 0.2) is 0 Å². The minimum absolute atomic E-state index is 0.330. The van der Waals surface area contributed by atoms with Gasteiger partial charge in [0.2, 0.25) is 0 Å². The van der Waals surface area contributed by atoms with Gasteiger partial charge in [-0.2, -0.15) is 0 Å². The zero-order valence-corrected chi connectivity index (χ0v) is 11.7. The molecule has 0 radical (unpaired) electrons. The molecule has 0 spiro atoms. The van der Waals surface area contributed by atoms with Crippen molar-refractivity contribution in [2.24, 2.45) is 0 Å². The van der Waals surface area contributed by atoms with Crippen molar-refractivity contribution in [3.05, 3.63) is 18.3 Å². The molecular formula is C12H15BN2O2S. The zero-order valence-electron chi connectivity index (χ0n) is 10.9. The quantitative estimate of drug-likeness (QED) is 0.737. The van der Waals surface area contributed by atoms with E-state index in [0.29, 0.717) is 0 Å². The second kappa shape index (κ2) is 3.76. The standard InChI is InChI=1S/C12H15BN2O2S/c1-11(2)12(3,4)17-13(16-11)10-15-8-6-5-7-14-9(8)18-10/h5-7H,1-4H3. The Balaban J connectivity index is 1.97. The van der Waals surface area contributed by atoms with Gasteiger partial charge in [-0.3, -0.25) is 0 Å². The second-order valence-electron chi connectivity index (χ2n) is 5.47. The Morgan fingerprint density at radius 3 is 2.44 bits per heavy atom. The molecule has 0 unspecified atom stereocenters. The molecule has 1 aliphatic heterocycles. The van der Waals surface area contributed by atoms with E-state index >= 15 is 0 Å². The van der Waals surface area contributed by atoms with E-state index in [2.05, 4.69) is 9.97 Å². The summed E-state index contributed by atoms with van der Waals surface area (Å²) in [6.07, 6.45) is 1.77. The van der Waals surface area contributed by atoms with Crippen molar-refractivity contribution in [2.45, 2.75) is 38.9 Å². The van der Waals surface area contributed by atoms with Crippen LogP contribution in [0.15, 0.2) is 18.3 Å². The number of aromatic nitrogens is 2. The van der Waals surface area contributed by atoms with Gasteiger partial charge in [-0.1, -0.05) is 0 Å². The maximum absolute atomic E-state index is 5.98. The molecule has 0 saturated carbocycles. The van der Waals surface area contributed by atoms with Crippen molar-refractivity contribution in [1.29, 1.82) is 0 Å². The van der Waals surface area contributed by atoms with E-state index in [9.17, 15) is 0 Å². The molecule has 3 rings (SSSR count). The van der Waals surface area contributed by atoms with Crippen LogP contribution in [0.5, 0.6) is 0 Å². The average Bonchev–Trinajstić information content (AvgIpc) is 2.78. The van der Waals surface area contributed by atoms with Gasteiger partial charge in [-0.25, -0.2) is 9.97 Å². The van der Waals surface area contributed by atoms with Crippen LogP contribution in [-0.2, 0) is 9.31 Å². The Kier molecular flexibility index (Phi) is 2.52. The third-order valence-electron chi connectivity index (χ3n) is 3.64. The van der Waals surface area contributed by atoms with Gasteiger partial charge in [0.25, 0.3) is 0 Å². The topological polar surface area (TPSA) is 44.2 Å². The summed E-state index contributed by atoms with van der Waals surface area (Å²) in [5.74, 6) is 0. The summed E-state index contributed by atoms with van der Waals surface area (Å²) in [6, 6.07) is 3.84. The predicted molar refractivity (Wildman–Crippen MR) is 73.1 cm³/mol. The zero-order chi connectivity index (χ0) is 13.0. The lowest BCUT2D eigenvalue weighted by molar-refractivity contribution is 0.00578. The van der Waals surface area contributed by atoms with Gasteiger partial charge < -0.3 is 9.31 Å². The van der Waals surface area contributed by atoms with Crippen LogP contribution in [0.1, 0.15) is 27.7 Å². The lowest BCUT2D eigenvalue weighted by Crippen LogP contribution is -2.41. The summed E-state index contributed by atoms with van der Waals surface area (Å²) in [6.45, 7) is 8.16. The number of hydrogen-bond acceptors (Lipinski definition) is 5. The molecule has 4 nitrogen and oxygen atoms in total. The van der Waals surface area contributed by atoms with Gasteiger partial charge in [-0.15, -0.1) is 11.3 Å². The Hall–Kier alpha value is -0.975. The number of fused-ring (bicyclic) bond motifs is 1. The van der Waals surface area contributed by atoms with Crippen LogP contribution in [0, 0.1) is 0 Å². The first-order valence-electron chi connectivity index (χ1n) is 5.96. The molecule has 0 N–H and O–H groups in total. The molecule has 2 aromatic heterocycles. The van der Waals surface area contributed by atoms with Gasteiger partial charge in [0, 0.05) is 6.20 Å². The molecule has 2 aromatic rings. The Labute approximate surface area is 110 Å². The third kappa shape index (κ3) is 1.76. The van der Waals surface area contributed by atoms with E-state index in [0.717, 1.165) is 15.3 Å². The van der Waals surface area contributed by atoms with Gasteiger partial charge in [0.05, 0.1) is 16.7 Å². The first kappa shape index (κ1) is 12.1. The van der Waals surface area contributed by atoms with Crippen molar-refractivity contribution >= 4 is 33.7 Å². The molecule has 0 amide bonds. The molecule has 1 aliphatic rings. The summed E-state index contributed by atoms with van der Waals surface area (Å²) in [4.78, 5) is 10.6. The highest BCUT2D eigenvalue weighted by molar-refractivity contribution is 7.27. The smallest absolute Gasteiger partial charge is 0.398 e. The lowest BCUT2D eigenvalue weighted by Gasteiger charge is -2.32. The number of thiazole rings is 1. The van der Waals surface area contributed by atoms with Crippen molar-refractivity contribution in [2.75, 3.05) is 0 Å². The molecule has 6 heteroatoms. The molecule has 0 aliphatic carbocycles. The highest BCUT2D eigenvalue weighted by Crippen LogP contribution is 2.36. The summed E-state index contributed by atoms with van der Waals surface area (Å²) in [7, 11) is -0.394. The number of hydrogen-bond donors (Lipinski definition) is 0. The van der Waals surface area contributed by atoms with Gasteiger partial charge in [-0.05, 0) is 39.8 Å². The molecule has 0 aromatic carbocycles. The third-order valence-corrected chi connectivity index (χ3v) is 4.64. The fraction of sp³-hybridized carbons (Fsp3) is 0.500. The summed E-state index contributed by atoms with van der Waals surface area (Å²) >= 11 is 1.52. The SMILES string of the molecule is CC1(C)OB(c2nc3cccnc3s2)OC1(C)C. The van der Waals surface area contributed by atoms with E-state index in [-0.39, 0.29) is 11.2 Å². The van der Waals surface area contributed by atoms with Crippen LogP contribution in [0.25, 0.3) is 10.3 Å². The monoisotopic (exact) mass is 262 g/mol. The largest absolute Gasteiger partial charge is 0.525 e. The van der Waals surface area contributed by atoms with Crippen LogP contribution < -0.4 is 4.91 Å². The predicted octanol–water partition coefficient (Wildman–Crippen LogP) is 1.99. The van der Waals surface area contributed by atoms with Crippen LogP contribution in [0.4, 0.5) is 0 Å². The number of pyridine rings is 1. The van der Waals surface area contributed by atoms with E-state index < -0.39 is 7.12 Å². The van der Waals surface area contributed by atoms with Crippen molar-refractivity contribution in [1.82, 2.24) is 9.97 Å². The first-order chi connectivity index (χ1) is 8.39. The Morgan fingerprint density at radius 1 is 1.17 bits per heavy atom. The van der Waals surface area contributed by atoms with Gasteiger partial charge in [0.1, 0.15) is 9.74 Å². The highest BCUT2D eigenvalue weighted by Gasteiger charge is 2.53. The number of nitrogens with zero attached hydrogens (tertiary/aromatic N) is 2. The first-order valence-corrected chi connectivity index (χ1v) is 6.78. The molecule has 1 fully saturated rings. The average molecular weight is 262 g/mol. The van der Waals surface area contributed by atoms with E-state index in [4.69, 9.17) is 9.31 Å². The molecule has 1 saturated heterocycles. The normalized spacial score (nSPS) is 21.7. The minimum atomic E-state index is -0.394. The maximum Gasteiger partial charge on any atom is 0.525 e. The van der Waals surface area contributed by atoms with Crippen molar-refractivity contribution in [3.63, 3.8) is 0 Å². The van der Waals surface area contributed by atoms with Gasteiger partial charge >= 0.3 is 7.12 Å². The fourth-order valence-electron chi connectivity index (χ4n) is 1.83. The molecule has 18 heavy (non-hydrogen) atoms. The second-order valence-corrected chi connectivity index (χ2v) is 6.48. The van der Waals surface area contributed by atoms with Crippen molar-refractivity contribution in [3.8, 4) is 0 Å². The molecular weight excluding hydrogens is 247 g/mol. The summed E-state index contributed by atoms with van der Waals surface area (Å²) < 4.78 is 12.0. The van der Waals surface area contributed by atoms with Crippen molar-refractivity contribution < 1.29 is 9.31 Å². The molecule has 0 bridgehead atoms. The minimum Gasteiger partial charge on any atom is -0.398 e. The lowest BCUT2D eigenvalue weighted by atomic mass is 9.90. The Morgan fingerprint density at radius 2 is 1.83 bits per heavy atom. The van der Waals surface area contributed by atoms with E-state index in [1.54, 1.807) is 6.20 Å².